The molecule has 8 nitrogen and oxygen atoms in total. The standard InChI is InChI=1S/C40H75NO7/c1-6-8-10-12-14-15-16-17-18-19-20-21-22-23-25-26-28-30-38(42)47-35-36(34-46-33-32-37(40(44)45)41(3,4)5)48-39(43)31-29-27-24-13-11-9-7-2/h24,27,36-37H,6-23,25-26,28-35H2,1-5H3/p+1/b27-24+. The van der Waals surface area contributed by atoms with Crippen molar-refractivity contribution in [2.45, 2.75) is 187 Å². The number of hydrogen-bond acceptors (Lipinski definition) is 6. The normalized spacial score (nSPS) is 13.1. The Bertz CT molecular complexity index is 808. The Hall–Kier alpha value is -1.93. The lowest BCUT2D eigenvalue weighted by Crippen LogP contribution is -2.50. The molecule has 1 N–H and O–H groups in total. The van der Waals surface area contributed by atoms with Crippen molar-refractivity contribution in [2.24, 2.45) is 0 Å². The maximum absolute atomic E-state index is 12.5. The summed E-state index contributed by atoms with van der Waals surface area (Å²) in [6, 6.07) is -0.613. The number of carbonyl (C=O) groups is 3. The van der Waals surface area contributed by atoms with E-state index < -0.39 is 18.1 Å². The van der Waals surface area contributed by atoms with Crippen LogP contribution in [-0.2, 0) is 28.6 Å². The SMILES string of the molecule is CCCCC/C=C/CCC(=O)OC(COCCC(C(=O)O)[N+](C)(C)C)COC(=O)CCCCCCCCCCCCCCCCCCC. The molecule has 8 heteroatoms. The van der Waals surface area contributed by atoms with Gasteiger partial charge in [0.05, 0.1) is 34.4 Å². The summed E-state index contributed by atoms with van der Waals surface area (Å²) in [5.74, 6) is -1.53. The largest absolute Gasteiger partial charge is 0.477 e. The second-order valence-electron chi connectivity index (χ2n) is 14.5. The van der Waals surface area contributed by atoms with Crippen LogP contribution in [0.1, 0.15) is 174 Å². The highest BCUT2D eigenvalue weighted by Crippen LogP contribution is 2.15. The third-order valence-corrected chi connectivity index (χ3v) is 8.93. The summed E-state index contributed by atoms with van der Waals surface area (Å²) in [5, 5.41) is 9.56. The number of carbonyl (C=O) groups excluding carboxylic acids is 2. The minimum Gasteiger partial charge on any atom is -0.477 e. The summed E-state index contributed by atoms with van der Waals surface area (Å²) in [5.41, 5.74) is 0. The molecule has 282 valence electrons. The number of allylic oxidation sites excluding steroid dienone is 2. The van der Waals surface area contributed by atoms with Crippen molar-refractivity contribution in [3.63, 3.8) is 0 Å². The van der Waals surface area contributed by atoms with Crippen LogP contribution in [0.4, 0.5) is 0 Å². The monoisotopic (exact) mass is 683 g/mol. The van der Waals surface area contributed by atoms with E-state index in [1.807, 2.05) is 27.2 Å². The van der Waals surface area contributed by atoms with Gasteiger partial charge in [0, 0.05) is 19.3 Å². The smallest absolute Gasteiger partial charge is 0.362 e. The maximum Gasteiger partial charge on any atom is 0.362 e. The first-order chi connectivity index (χ1) is 23.1. The topological polar surface area (TPSA) is 99.1 Å². The predicted octanol–water partition coefficient (Wildman–Crippen LogP) is 9.97. The number of nitrogens with zero attached hydrogens (tertiary/aromatic N) is 1. The molecule has 0 bridgehead atoms. The van der Waals surface area contributed by atoms with E-state index in [-0.39, 0.29) is 42.7 Å². The fraction of sp³-hybridized carbons (Fsp3) is 0.875. The second-order valence-corrected chi connectivity index (χ2v) is 14.5. The Labute approximate surface area is 295 Å². The summed E-state index contributed by atoms with van der Waals surface area (Å²) < 4.78 is 17.1. The first-order valence-electron chi connectivity index (χ1n) is 19.7. The van der Waals surface area contributed by atoms with Crippen LogP contribution in [0.2, 0.25) is 0 Å². The Morgan fingerprint density at radius 3 is 1.58 bits per heavy atom. The molecule has 0 saturated heterocycles. The van der Waals surface area contributed by atoms with E-state index in [2.05, 4.69) is 19.9 Å². The van der Waals surface area contributed by atoms with Crippen molar-refractivity contribution >= 4 is 17.9 Å². The average Bonchev–Trinajstić information content (AvgIpc) is 3.03. The van der Waals surface area contributed by atoms with E-state index in [1.54, 1.807) is 0 Å². The Morgan fingerprint density at radius 2 is 1.08 bits per heavy atom. The van der Waals surface area contributed by atoms with Gasteiger partial charge in [-0.25, -0.2) is 4.79 Å². The molecule has 0 saturated carbocycles. The number of unbranched alkanes of at least 4 members (excludes halogenated alkanes) is 19. The van der Waals surface area contributed by atoms with E-state index in [0.717, 1.165) is 32.1 Å². The molecular weight excluding hydrogens is 606 g/mol. The highest BCUT2D eigenvalue weighted by atomic mass is 16.6. The van der Waals surface area contributed by atoms with E-state index in [0.29, 0.717) is 19.3 Å². The zero-order chi connectivity index (χ0) is 35.7. The van der Waals surface area contributed by atoms with Crippen LogP contribution in [0.15, 0.2) is 12.2 Å². The highest BCUT2D eigenvalue weighted by molar-refractivity contribution is 5.72. The van der Waals surface area contributed by atoms with Crippen LogP contribution in [0.5, 0.6) is 0 Å². The van der Waals surface area contributed by atoms with Crippen LogP contribution in [0.25, 0.3) is 0 Å². The summed E-state index contributed by atoms with van der Waals surface area (Å²) in [6.07, 6.45) is 31.4. The number of esters is 2. The summed E-state index contributed by atoms with van der Waals surface area (Å²) in [7, 11) is 5.50. The molecule has 2 unspecified atom stereocenters. The predicted molar refractivity (Wildman–Crippen MR) is 197 cm³/mol. The first-order valence-corrected chi connectivity index (χ1v) is 19.7. The molecule has 0 aliphatic rings. The third kappa shape index (κ3) is 30.2. The lowest BCUT2D eigenvalue weighted by Gasteiger charge is -2.31. The fourth-order valence-corrected chi connectivity index (χ4v) is 5.81. The Kier molecular flexibility index (Phi) is 31.0. The summed E-state index contributed by atoms with van der Waals surface area (Å²) in [4.78, 5) is 36.6. The van der Waals surface area contributed by atoms with Crippen molar-refractivity contribution in [3.05, 3.63) is 12.2 Å². The van der Waals surface area contributed by atoms with Gasteiger partial charge in [-0.15, -0.1) is 0 Å². The van der Waals surface area contributed by atoms with Crippen LogP contribution in [-0.4, -0.2) is 80.6 Å². The summed E-state index contributed by atoms with van der Waals surface area (Å²) >= 11 is 0. The molecule has 0 radical (unpaired) electrons. The van der Waals surface area contributed by atoms with E-state index >= 15 is 0 Å². The van der Waals surface area contributed by atoms with Crippen molar-refractivity contribution in [1.82, 2.24) is 0 Å². The first kappa shape index (κ1) is 46.1. The van der Waals surface area contributed by atoms with Gasteiger partial charge in [0.15, 0.2) is 12.1 Å². The van der Waals surface area contributed by atoms with Crippen LogP contribution in [0, 0.1) is 0 Å². The third-order valence-electron chi connectivity index (χ3n) is 8.93. The van der Waals surface area contributed by atoms with Gasteiger partial charge in [-0.05, 0) is 25.7 Å². The molecule has 0 rings (SSSR count). The van der Waals surface area contributed by atoms with Crippen LogP contribution in [0.3, 0.4) is 0 Å². The van der Waals surface area contributed by atoms with Crippen molar-refractivity contribution in [1.29, 1.82) is 0 Å². The van der Waals surface area contributed by atoms with Gasteiger partial charge in [-0.3, -0.25) is 9.59 Å². The van der Waals surface area contributed by atoms with Gasteiger partial charge in [-0.1, -0.05) is 142 Å². The molecule has 0 spiro atoms. The molecule has 0 aromatic rings. The number of ether oxygens (including phenoxy) is 3. The Balaban J connectivity index is 4.25. The average molecular weight is 683 g/mol. The quantitative estimate of drug-likeness (QED) is 0.0307. The fourth-order valence-electron chi connectivity index (χ4n) is 5.81. The number of carboxylic acids is 1. The van der Waals surface area contributed by atoms with Crippen molar-refractivity contribution < 1.29 is 38.2 Å². The number of hydrogen-bond donors (Lipinski definition) is 1. The van der Waals surface area contributed by atoms with Crippen LogP contribution < -0.4 is 0 Å². The molecule has 0 fully saturated rings. The minimum absolute atomic E-state index is 0.0501. The maximum atomic E-state index is 12.5. The Morgan fingerprint density at radius 1 is 0.604 bits per heavy atom. The molecule has 0 amide bonds. The van der Waals surface area contributed by atoms with Gasteiger partial charge < -0.3 is 23.8 Å². The number of quaternary nitrogens is 1. The van der Waals surface area contributed by atoms with E-state index in [1.165, 1.54) is 103 Å². The van der Waals surface area contributed by atoms with E-state index in [4.69, 9.17) is 14.2 Å². The van der Waals surface area contributed by atoms with Crippen molar-refractivity contribution in [2.75, 3.05) is 41.0 Å². The molecular formula is C40H76NO7+. The molecule has 0 aromatic heterocycles. The zero-order valence-electron chi connectivity index (χ0n) is 32.0. The molecule has 0 aliphatic heterocycles. The van der Waals surface area contributed by atoms with E-state index in [9.17, 15) is 19.5 Å². The van der Waals surface area contributed by atoms with Gasteiger partial charge in [0.25, 0.3) is 0 Å². The van der Waals surface area contributed by atoms with Gasteiger partial charge >= 0.3 is 17.9 Å². The molecule has 0 heterocycles. The molecule has 0 aromatic carbocycles. The number of rotatable bonds is 35. The number of aliphatic carboxylic acids is 1. The van der Waals surface area contributed by atoms with Gasteiger partial charge in [-0.2, -0.15) is 0 Å². The molecule has 0 aliphatic carbocycles. The van der Waals surface area contributed by atoms with Gasteiger partial charge in [0.1, 0.15) is 6.61 Å². The number of likely N-dealkylation sites (N-methyl/N-ethyl adjacent to an activating group) is 1. The highest BCUT2D eigenvalue weighted by Gasteiger charge is 2.31. The summed E-state index contributed by atoms with van der Waals surface area (Å²) in [6.45, 7) is 4.64. The van der Waals surface area contributed by atoms with Crippen molar-refractivity contribution in [3.8, 4) is 0 Å². The minimum atomic E-state index is -0.880. The molecule has 48 heavy (non-hydrogen) atoms. The van der Waals surface area contributed by atoms with Crippen LogP contribution >= 0.6 is 0 Å². The lowest BCUT2D eigenvalue weighted by molar-refractivity contribution is -0.887. The number of carboxylic acid groups (broad SMARTS) is 1. The zero-order valence-corrected chi connectivity index (χ0v) is 32.0. The second kappa shape index (κ2) is 32.3. The lowest BCUT2D eigenvalue weighted by atomic mass is 10.0. The van der Waals surface area contributed by atoms with Gasteiger partial charge in [0.2, 0.25) is 0 Å². The molecule has 2 atom stereocenters.